The summed E-state index contributed by atoms with van der Waals surface area (Å²) in [6.45, 7) is 0. The van der Waals surface area contributed by atoms with Gasteiger partial charge in [0.1, 0.15) is 4.90 Å². The second-order valence-corrected chi connectivity index (χ2v) is 6.11. The minimum atomic E-state index is -4.99. The van der Waals surface area contributed by atoms with Gasteiger partial charge in [0.2, 0.25) is 0 Å². The fourth-order valence-electron chi connectivity index (χ4n) is 0.961. The summed E-state index contributed by atoms with van der Waals surface area (Å²) in [7, 11) is 0.818. The van der Waals surface area contributed by atoms with Crippen LogP contribution in [0.2, 0.25) is 0 Å². The molecule has 0 unspecified atom stereocenters. The highest BCUT2D eigenvalue weighted by molar-refractivity contribution is 9.10. The number of anilines is 1. The van der Waals surface area contributed by atoms with Crippen molar-refractivity contribution >= 4 is 41.4 Å². The van der Waals surface area contributed by atoms with E-state index in [9.17, 15) is 21.6 Å². The van der Waals surface area contributed by atoms with E-state index in [4.69, 9.17) is 16.4 Å². The molecule has 0 aliphatic heterocycles. The summed E-state index contributed by atoms with van der Waals surface area (Å²) in [5.41, 5.74) is 4.87. The van der Waals surface area contributed by atoms with E-state index in [2.05, 4.69) is 20.7 Å². The normalized spacial score (nSPS) is 12.5. The van der Waals surface area contributed by atoms with E-state index in [1.165, 1.54) is 0 Å². The molecule has 0 aliphatic rings. The largest absolute Gasteiger partial charge is 0.573 e. The molecule has 2 N–H and O–H groups in total. The van der Waals surface area contributed by atoms with Gasteiger partial charge < -0.3 is 10.5 Å². The van der Waals surface area contributed by atoms with Gasteiger partial charge in [-0.1, -0.05) is 0 Å². The number of rotatable bonds is 2. The van der Waals surface area contributed by atoms with E-state index in [1.54, 1.807) is 0 Å². The Morgan fingerprint density at radius 3 is 2.29 bits per heavy atom. The molecule has 0 aliphatic carbocycles. The van der Waals surface area contributed by atoms with Gasteiger partial charge in [0.15, 0.2) is 5.75 Å². The van der Waals surface area contributed by atoms with Crippen molar-refractivity contribution in [1.29, 1.82) is 0 Å². The van der Waals surface area contributed by atoms with Crippen molar-refractivity contribution in [2.24, 2.45) is 0 Å². The van der Waals surface area contributed by atoms with Gasteiger partial charge in [-0.25, -0.2) is 8.42 Å². The van der Waals surface area contributed by atoms with Gasteiger partial charge in [0.05, 0.1) is 10.2 Å². The maximum atomic E-state index is 12.0. The number of ether oxygens (including phenoxy) is 1. The predicted octanol–water partition coefficient (Wildman–Crippen LogP) is 2.86. The number of hydrogen-bond donors (Lipinski definition) is 1. The Balaban J connectivity index is 3.41. The van der Waals surface area contributed by atoms with Crippen LogP contribution in [0.1, 0.15) is 0 Å². The first-order chi connectivity index (χ1) is 7.52. The van der Waals surface area contributed by atoms with Crippen molar-refractivity contribution < 1.29 is 26.3 Å². The summed E-state index contributed by atoms with van der Waals surface area (Å²) in [4.78, 5) is -0.562. The monoisotopic (exact) mass is 353 g/mol. The van der Waals surface area contributed by atoms with Crippen LogP contribution in [0.15, 0.2) is 21.5 Å². The van der Waals surface area contributed by atoms with E-state index in [0.717, 1.165) is 12.1 Å². The lowest BCUT2D eigenvalue weighted by atomic mass is 10.3. The summed E-state index contributed by atoms with van der Waals surface area (Å²) in [6.07, 6.45) is -4.99. The standard InChI is InChI=1S/C7H4BrClF3NO3S/c8-5-4(17(9,14)15)2-1-3(13)6(5)16-7(10,11)12/h1-2H,13H2. The van der Waals surface area contributed by atoms with Crippen LogP contribution >= 0.6 is 26.6 Å². The Morgan fingerprint density at radius 1 is 1.35 bits per heavy atom. The summed E-state index contributed by atoms with van der Waals surface area (Å²) >= 11 is 2.65. The van der Waals surface area contributed by atoms with Gasteiger partial charge in [-0.05, 0) is 28.1 Å². The molecule has 1 rings (SSSR count). The average molecular weight is 355 g/mol. The van der Waals surface area contributed by atoms with E-state index in [1.807, 2.05) is 0 Å². The molecule has 17 heavy (non-hydrogen) atoms. The molecule has 0 aromatic heterocycles. The lowest BCUT2D eigenvalue weighted by molar-refractivity contribution is -0.274. The van der Waals surface area contributed by atoms with E-state index in [-0.39, 0.29) is 5.69 Å². The third-order valence-corrected chi connectivity index (χ3v) is 3.99. The third kappa shape index (κ3) is 3.65. The summed E-state index contributed by atoms with van der Waals surface area (Å²) in [5, 5.41) is 0. The second-order valence-electron chi connectivity index (χ2n) is 2.78. The van der Waals surface area contributed by atoms with Crippen LogP contribution in [0.3, 0.4) is 0 Å². The Morgan fingerprint density at radius 2 is 1.88 bits per heavy atom. The molecule has 0 radical (unpaired) electrons. The van der Waals surface area contributed by atoms with Crippen LogP contribution in [0, 0.1) is 0 Å². The highest BCUT2D eigenvalue weighted by atomic mass is 79.9. The number of nitrogen functional groups attached to an aromatic ring is 1. The maximum absolute atomic E-state index is 12.0. The smallest absolute Gasteiger partial charge is 0.402 e. The molecular formula is C7H4BrClF3NO3S. The van der Waals surface area contributed by atoms with Gasteiger partial charge in [0, 0.05) is 10.7 Å². The van der Waals surface area contributed by atoms with Crippen molar-refractivity contribution in [3.05, 3.63) is 16.6 Å². The molecule has 0 amide bonds. The first-order valence-electron chi connectivity index (χ1n) is 3.81. The zero-order chi connectivity index (χ0) is 13.4. The van der Waals surface area contributed by atoms with Gasteiger partial charge in [-0.3, -0.25) is 0 Å². The van der Waals surface area contributed by atoms with Gasteiger partial charge in [0.25, 0.3) is 9.05 Å². The van der Waals surface area contributed by atoms with Crippen LogP contribution in [0.4, 0.5) is 18.9 Å². The molecule has 10 heteroatoms. The molecule has 0 spiro atoms. The fourth-order valence-corrected chi connectivity index (χ4v) is 3.24. The molecule has 96 valence electrons. The van der Waals surface area contributed by atoms with Gasteiger partial charge in [-0.2, -0.15) is 0 Å². The molecule has 0 bridgehead atoms. The molecule has 0 atom stereocenters. The third-order valence-electron chi connectivity index (χ3n) is 1.57. The summed E-state index contributed by atoms with van der Waals surface area (Å²) in [6, 6.07) is 1.91. The Hall–Kier alpha value is -0.670. The van der Waals surface area contributed by atoms with E-state index in [0.29, 0.717) is 0 Å². The molecule has 1 aromatic carbocycles. The van der Waals surface area contributed by atoms with Crippen LogP contribution < -0.4 is 10.5 Å². The van der Waals surface area contributed by atoms with Crippen LogP contribution in [-0.4, -0.2) is 14.8 Å². The quantitative estimate of drug-likeness (QED) is 0.655. The lowest BCUT2D eigenvalue weighted by Gasteiger charge is -2.14. The summed E-state index contributed by atoms with van der Waals surface area (Å²) in [5.74, 6) is -0.848. The Bertz CT molecular complexity index is 546. The van der Waals surface area contributed by atoms with Crippen molar-refractivity contribution in [2.75, 3.05) is 5.73 Å². The molecule has 0 heterocycles. The van der Waals surface area contributed by atoms with Crippen molar-refractivity contribution in [1.82, 2.24) is 0 Å². The summed E-state index contributed by atoms with van der Waals surface area (Å²) < 4.78 is 61.3. The number of nitrogens with two attached hydrogens (primary N) is 1. The molecular weight excluding hydrogens is 350 g/mol. The molecule has 0 saturated carbocycles. The van der Waals surface area contributed by atoms with Crippen molar-refractivity contribution in [3.63, 3.8) is 0 Å². The van der Waals surface area contributed by atoms with Crippen LogP contribution in [-0.2, 0) is 9.05 Å². The van der Waals surface area contributed by atoms with Crippen LogP contribution in [0.25, 0.3) is 0 Å². The Labute approximate surface area is 107 Å². The fraction of sp³-hybridized carbons (Fsp3) is 0.143. The molecule has 1 aromatic rings. The van der Waals surface area contributed by atoms with E-state index >= 15 is 0 Å². The highest BCUT2D eigenvalue weighted by Gasteiger charge is 2.34. The zero-order valence-electron chi connectivity index (χ0n) is 7.75. The second kappa shape index (κ2) is 4.54. The number of alkyl halides is 3. The molecule has 4 nitrogen and oxygen atoms in total. The van der Waals surface area contributed by atoms with Crippen molar-refractivity contribution in [2.45, 2.75) is 11.3 Å². The van der Waals surface area contributed by atoms with E-state index < -0.39 is 30.5 Å². The van der Waals surface area contributed by atoms with Crippen molar-refractivity contribution in [3.8, 4) is 5.75 Å². The van der Waals surface area contributed by atoms with Crippen LogP contribution in [0.5, 0.6) is 5.75 Å². The number of halogens is 5. The highest BCUT2D eigenvalue weighted by Crippen LogP contribution is 2.40. The molecule has 0 fully saturated rings. The first kappa shape index (κ1) is 14.4. The van der Waals surface area contributed by atoms with Gasteiger partial charge >= 0.3 is 6.36 Å². The minimum Gasteiger partial charge on any atom is -0.402 e. The Kier molecular flexibility index (Phi) is 3.84. The number of benzene rings is 1. The topological polar surface area (TPSA) is 69.4 Å². The SMILES string of the molecule is Nc1ccc(S(=O)(=O)Cl)c(Br)c1OC(F)(F)F. The first-order valence-corrected chi connectivity index (χ1v) is 6.91. The number of hydrogen-bond acceptors (Lipinski definition) is 4. The minimum absolute atomic E-state index is 0.377. The lowest BCUT2D eigenvalue weighted by Crippen LogP contribution is -2.18. The maximum Gasteiger partial charge on any atom is 0.573 e. The zero-order valence-corrected chi connectivity index (χ0v) is 10.9. The van der Waals surface area contributed by atoms with Gasteiger partial charge in [-0.15, -0.1) is 13.2 Å². The average Bonchev–Trinajstić information content (AvgIpc) is 2.08. The molecule has 0 saturated heterocycles. The predicted molar refractivity (Wildman–Crippen MR) is 58.3 cm³/mol.